The maximum Gasteiger partial charge on any atom is 0.230 e. The highest BCUT2D eigenvalue weighted by Gasteiger charge is 2.37. The van der Waals surface area contributed by atoms with Gasteiger partial charge in [0.2, 0.25) is 11.8 Å². The van der Waals surface area contributed by atoms with Gasteiger partial charge in [-0.1, -0.05) is 48.5 Å². The predicted molar refractivity (Wildman–Crippen MR) is 111 cm³/mol. The molecule has 7 nitrogen and oxygen atoms in total. The molecule has 0 amide bonds. The molecule has 0 radical (unpaired) electrons. The largest absolute Gasteiger partial charge is 0.420 e. The van der Waals surface area contributed by atoms with E-state index >= 15 is 0 Å². The van der Waals surface area contributed by atoms with Crippen molar-refractivity contribution in [1.82, 2.24) is 29.4 Å². The minimum absolute atomic E-state index is 0.109. The molecule has 4 heterocycles. The van der Waals surface area contributed by atoms with Gasteiger partial charge in [-0.2, -0.15) is 10.2 Å². The standard InChI is InChI=1S/C23H18N6O/c1-14-18-19(16-9-5-3-6-10-16)20-21-25-15(2)27-28(21)13-24-22(20)30-23(18)29(26-14)17-11-7-4-8-12-17/h3-13,19H,1-2H3/t19-/m1/s1. The van der Waals surface area contributed by atoms with Gasteiger partial charge in [0.25, 0.3) is 0 Å². The van der Waals surface area contributed by atoms with Crippen LogP contribution < -0.4 is 4.74 Å². The lowest BCUT2D eigenvalue weighted by Crippen LogP contribution is -2.16. The number of aromatic nitrogens is 6. The van der Waals surface area contributed by atoms with Crippen LogP contribution in [0.3, 0.4) is 0 Å². The Labute approximate surface area is 172 Å². The zero-order valence-electron chi connectivity index (χ0n) is 16.5. The van der Waals surface area contributed by atoms with E-state index in [2.05, 4.69) is 27.2 Å². The van der Waals surface area contributed by atoms with Crippen LogP contribution >= 0.6 is 0 Å². The van der Waals surface area contributed by atoms with Crippen molar-refractivity contribution in [3.63, 3.8) is 0 Å². The maximum absolute atomic E-state index is 6.36. The van der Waals surface area contributed by atoms with Crippen LogP contribution in [0.1, 0.15) is 34.1 Å². The van der Waals surface area contributed by atoms with Crippen LogP contribution in [0.4, 0.5) is 0 Å². The number of ether oxygens (including phenoxy) is 1. The molecule has 0 N–H and O–H groups in total. The van der Waals surface area contributed by atoms with E-state index in [1.54, 1.807) is 10.8 Å². The van der Waals surface area contributed by atoms with Gasteiger partial charge in [-0.05, 0) is 31.5 Å². The van der Waals surface area contributed by atoms with Crippen molar-refractivity contribution in [2.75, 3.05) is 0 Å². The van der Waals surface area contributed by atoms with Crippen molar-refractivity contribution < 1.29 is 4.74 Å². The quantitative estimate of drug-likeness (QED) is 0.440. The second-order valence-electron chi connectivity index (χ2n) is 7.39. The van der Waals surface area contributed by atoms with Gasteiger partial charge in [0.05, 0.1) is 28.4 Å². The molecule has 0 unspecified atom stereocenters. The molecule has 0 bridgehead atoms. The monoisotopic (exact) mass is 394 g/mol. The summed E-state index contributed by atoms with van der Waals surface area (Å²) in [5, 5.41) is 9.27. The molecule has 0 spiro atoms. The molecule has 0 saturated heterocycles. The van der Waals surface area contributed by atoms with E-state index in [0.29, 0.717) is 17.6 Å². The summed E-state index contributed by atoms with van der Waals surface area (Å²) < 4.78 is 9.93. The molecule has 0 fully saturated rings. The van der Waals surface area contributed by atoms with Crippen LogP contribution in [0.15, 0.2) is 67.0 Å². The van der Waals surface area contributed by atoms with Crippen molar-refractivity contribution in [3.8, 4) is 17.4 Å². The topological polar surface area (TPSA) is 70.1 Å². The van der Waals surface area contributed by atoms with Gasteiger partial charge in [0.1, 0.15) is 12.2 Å². The fourth-order valence-corrected chi connectivity index (χ4v) is 4.21. The van der Waals surface area contributed by atoms with E-state index in [-0.39, 0.29) is 5.92 Å². The lowest BCUT2D eigenvalue weighted by molar-refractivity contribution is 0.402. The smallest absolute Gasteiger partial charge is 0.230 e. The highest BCUT2D eigenvalue weighted by atomic mass is 16.5. The minimum Gasteiger partial charge on any atom is -0.420 e. The average Bonchev–Trinajstić information content (AvgIpc) is 3.32. The molecular formula is C23H18N6O. The summed E-state index contributed by atoms with van der Waals surface area (Å²) in [5.41, 5.74) is 5.67. The van der Waals surface area contributed by atoms with Crippen molar-refractivity contribution in [2.45, 2.75) is 19.8 Å². The van der Waals surface area contributed by atoms with Gasteiger partial charge >= 0.3 is 0 Å². The van der Waals surface area contributed by atoms with Crippen LogP contribution in [0.2, 0.25) is 0 Å². The Balaban J connectivity index is 1.68. The van der Waals surface area contributed by atoms with E-state index in [1.165, 1.54) is 0 Å². The molecule has 146 valence electrons. The van der Waals surface area contributed by atoms with Crippen molar-refractivity contribution >= 4 is 5.65 Å². The third-order valence-electron chi connectivity index (χ3n) is 5.46. The van der Waals surface area contributed by atoms with Crippen LogP contribution in [0.5, 0.6) is 11.8 Å². The number of aryl methyl sites for hydroxylation is 2. The summed E-state index contributed by atoms with van der Waals surface area (Å²) >= 11 is 0. The normalized spacial score (nSPS) is 14.9. The van der Waals surface area contributed by atoms with Gasteiger partial charge in [0, 0.05) is 0 Å². The van der Waals surface area contributed by atoms with Crippen LogP contribution in [-0.2, 0) is 0 Å². The third-order valence-corrected chi connectivity index (χ3v) is 5.46. The Bertz CT molecular complexity index is 1390. The molecule has 2 aromatic carbocycles. The first-order valence-electron chi connectivity index (χ1n) is 9.80. The zero-order valence-corrected chi connectivity index (χ0v) is 16.5. The van der Waals surface area contributed by atoms with Crippen LogP contribution in [0.25, 0.3) is 11.3 Å². The first-order valence-corrected chi connectivity index (χ1v) is 9.80. The first kappa shape index (κ1) is 16.9. The van der Waals surface area contributed by atoms with E-state index in [1.807, 2.05) is 67.1 Å². The number of para-hydroxylation sites is 1. The molecule has 1 aliphatic heterocycles. The molecule has 0 aliphatic carbocycles. The zero-order chi connectivity index (χ0) is 20.2. The summed E-state index contributed by atoms with van der Waals surface area (Å²) in [4.78, 5) is 9.25. The molecule has 1 atom stereocenters. The second-order valence-corrected chi connectivity index (χ2v) is 7.39. The minimum atomic E-state index is -0.109. The highest BCUT2D eigenvalue weighted by molar-refractivity contribution is 5.66. The molecule has 1 aliphatic rings. The summed E-state index contributed by atoms with van der Waals surface area (Å²) in [5.74, 6) is 1.81. The maximum atomic E-state index is 6.36. The summed E-state index contributed by atoms with van der Waals surface area (Å²) in [6.45, 7) is 3.90. The highest BCUT2D eigenvalue weighted by Crippen LogP contribution is 2.49. The lowest BCUT2D eigenvalue weighted by Gasteiger charge is -2.26. The number of hydrogen-bond donors (Lipinski definition) is 0. The van der Waals surface area contributed by atoms with E-state index < -0.39 is 0 Å². The van der Waals surface area contributed by atoms with Gasteiger partial charge in [-0.3, -0.25) is 0 Å². The van der Waals surface area contributed by atoms with E-state index in [9.17, 15) is 0 Å². The number of nitrogens with zero attached hydrogens (tertiary/aromatic N) is 6. The van der Waals surface area contributed by atoms with Gasteiger partial charge in [-0.25, -0.2) is 19.2 Å². The Hall–Kier alpha value is -4.00. The molecular weight excluding hydrogens is 376 g/mol. The van der Waals surface area contributed by atoms with E-state index in [0.717, 1.165) is 33.7 Å². The SMILES string of the molecule is Cc1nc2c3c(ncn2n1)Oc1c(c(C)nn1-c1ccccc1)[C@H]3c1ccccc1. The Morgan fingerprint density at radius 1 is 0.867 bits per heavy atom. The average molecular weight is 394 g/mol. The molecule has 0 saturated carbocycles. The van der Waals surface area contributed by atoms with Gasteiger partial charge in [0.15, 0.2) is 5.65 Å². The van der Waals surface area contributed by atoms with Gasteiger partial charge in [-0.15, -0.1) is 0 Å². The van der Waals surface area contributed by atoms with Crippen molar-refractivity contribution in [2.24, 2.45) is 0 Å². The van der Waals surface area contributed by atoms with E-state index in [4.69, 9.17) is 9.84 Å². The fraction of sp³-hybridized carbons (Fsp3) is 0.130. The van der Waals surface area contributed by atoms with Crippen LogP contribution in [-0.4, -0.2) is 29.4 Å². The van der Waals surface area contributed by atoms with Crippen molar-refractivity contribution in [1.29, 1.82) is 0 Å². The summed E-state index contributed by atoms with van der Waals surface area (Å²) in [6, 6.07) is 20.4. The predicted octanol–water partition coefficient (Wildman–Crippen LogP) is 4.21. The third kappa shape index (κ3) is 2.38. The summed E-state index contributed by atoms with van der Waals surface area (Å²) in [6.07, 6.45) is 1.65. The molecule has 30 heavy (non-hydrogen) atoms. The number of hydrogen-bond acceptors (Lipinski definition) is 5. The molecule has 5 aromatic rings. The fourth-order valence-electron chi connectivity index (χ4n) is 4.21. The molecule has 6 rings (SSSR count). The second kappa shape index (κ2) is 6.25. The Morgan fingerprint density at radius 2 is 1.60 bits per heavy atom. The lowest BCUT2D eigenvalue weighted by atomic mass is 9.84. The Kier molecular flexibility index (Phi) is 3.52. The Morgan fingerprint density at radius 3 is 2.37 bits per heavy atom. The number of fused-ring (bicyclic) bond motifs is 4. The first-order chi connectivity index (χ1) is 14.7. The van der Waals surface area contributed by atoms with Gasteiger partial charge < -0.3 is 4.74 Å². The summed E-state index contributed by atoms with van der Waals surface area (Å²) in [7, 11) is 0. The van der Waals surface area contributed by atoms with Crippen molar-refractivity contribution in [3.05, 3.63) is 95.2 Å². The molecule has 3 aromatic heterocycles. The number of benzene rings is 2. The molecule has 7 heteroatoms. The van der Waals surface area contributed by atoms with Crippen LogP contribution in [0, 0.1) is 13.8 Å². The number of rotatable bonds is 2.